The summed E-state index contributed by atoms with van der Waals surface area (Å²) in [7, 11) is 0. The van der Waals surface area contributed by atoms with E-state index in [9.17, 15) is 15.0 Å². The summed E-state index contributed by atoms with van der Waals surface area (Å²) in [5.74, 6) is -0.0119. The van der Waals surface area contributed by atoms with Gasteiger partial charge in [-0.05, 0) is 43.9 Å². The van der Waals surface area contributed by atoms with Crippen LogP contribution in [0.15, 0.2) is 18.2 Å². The van der Waals surface area contributed by atoms with Crippen molar-refractivity contribution in [1.29, 1.82) is 0 Å². The number of aliphatic hydroxyl groups is 1. The van der Waals surface area contributed by atoms with Crippen molar-refractivity contribution in [1.82, 2.24) is 4.90 Å². The molecule has 0 saturated carbocycles. The van der Waals surface area contributed by atoms with Gasteiger partial charge in [-0.2, -0.15) is 0 Å². The molecule has 0 radical (unpaired) electrons. The van der Waals surface area contributed by atoms with Crippen molar-refractivity contribution in [3.63, 3.8) is 0 Å². The van der Waals surface area contributed by atoms with Crippen molar-refractivity contribution in [2.75, 3.05) is 26.2 Å². The molecule has 0 spiro atoms. The lowest BCUT2D eigenvalue weighted by Crippen LogP contribution is -2.56. The van der Waals surface area contributed by atoms with Crippen molar-refractivity contribution >= 4 is 5.97 Å². The van der Waals surface area contributed by atoms with E-state index < -0.39 is 17.5 Å². The molecule has 24 heavy (non-hydrogen) atoms. The van der Waals surface area contributed by atoms with Crippen LogP contribution in [0.4, 0.5) is 0 Å². The molecule has 0 amide bonds. The minimum absolute atomic E-state index is 0.382. The van der Waals surface area contributed by atoms with Crippen LogP contribution in [0.1, 0.15) is 37.3 Å². The number of carboxylic acids is 1. The fourth-order valence-electron chi connectivity index (χ4n) is 3.53. The maximum atomic E-state index is 11.8. The molecule has 1 saturated heterocycles. The Morgan fingerprint density at radius 1 is 1.42 bits per heavy atom. The minimum atomic E-state index is -1.05. The predicted octanol–water partition coefficient (Wildman–Crippen LogP) is 2.62. The first kappa shape index (κ1) is 18.7. The van der Waals surface area contributed by atoms with E-state index in [0.717, 1.165) is 17.7 Å². The van der Waals surface area contributed by atoms with Gasteiger partial charge in [-0.15, -0.1) is 0 Å². The topological polar surface area (TPSA) is 70.0 Å². The summed E-state index contributed by atoms with van der Waals surface area (Å²) in [5, 5.41) is 19.9. The fourth-order valence-corrected chi connectivity index (χ4v) is 3.53. The Bertz CT molecular complexity index is 574. The highest BCUT2D eigenvalue weighted by molar-refractivity contribution is 5.76. The molecule has 1 aliphatic heterocycles. The molecular weight excluding hydrogens is 306 g/mol. The number of nitrogens with zero attached hydrogens (tertiary/aromatic N) is 1. The van der Waals surface area contributed by atoms with Gasteiger partial charge in [-0.1, -0.05) is 25.5 Å². The Hall–Kier alpha value is -1.59. The zero-order chi connectivity index (χ0) is 17.7. The van der Waals surface area contributed by atoms with E-state index in [1.54, 1.807) is 0 Å². The van der Waals surface area contributed by atoms with E-state index >= 15 is 0 Å². The second kappa shape index (κ2) is 7.99. The van der Waals surface area contributed by atoms with Crippen molar-refractivity contribution in [3.05, 3.63) is 29.3 Å². The molecule has 5 nitrogen and oxygen atoms in total. The van der Waals surface area contributed by atoms with Gasteiger partial charge in [0.1, 0.15) is 17.8 Å². The van der Waals surface area contributed by atoms with Gasteiger partial charge in [-0.3, -0.25) is 9.69 Å². The molecule has 1 heterocycles. The van der Waals surface area contributed by atoms with Crippen molar-refractivity contribution < 1.29 is 19.7 Å². The Labute approximate surface area is 144 Å². The summed E-state index contributed by atoms with van der Waals surface area (Å²) < 4.78 is 5.88. The van der Waals surface area contributed by atoms with E-state index in [4.69, 9.17) is 4.74 Å². The molecule has 0 bridgehead atoms. The van der Waals surface area contributed by atoms with Gasteiger partial charge in [0.25, 0.3) is 0 Å². The van der Waals surface area contributed by atoms with E-state index in [1.165, 1.54) is 5.56 Å². The van der Waals surface area contributed by atoms with Crippen molar-refractivity contribution in [2.45, 2.75) is 46.1 Å². The van der Waals surface area contributed by atoms with Gasteiger partial charge in [0, 0.05) is 19.6 Å². The maximum Gasteiger partial charge on any atom is 0.313 e. The van der Waals surface area contributed by atoms with Crippen LogP contribution in [0.5, 0.6) is 5.75 Å². The summed E-state index contributed by atoms with van der Waals surface area (Å²) >= 11 is 0. The zero-order valence-electron chi connectivity index (χ0n) is 14.9. The van der Waals surface area contributed by atoms with E-state index in [2.05, 4.69) is 17.9 Å². The SMILES string of the molecule is CCC[C@]1(C(=O)O)CN(CCOc2cccc(C)c2C)CC[C@@H]1O. The van der Waals surface area contributed by atoms with Crippen LogP contribution in [0.2, 0.25) is 0 Å². The summed E-state index contributed by atoms with van der Waals surface area (Å²) in [5.41, 5.74) is 1.28. The van der Waals surface area contributed by atoms with Crippen LogP contribution < -0.4 is 4.74 Å². The minimum Gasteiger partial charge on any atom is -0.492 e. The molecule has 2 atom stereocenters. The average Bonchev–Trinajstić information content (AvgIpc) is 2.54. The van der Waals surface area contributed by atoms with Crippen LogP contribution in [0, 0.1) is 19.3 Å². The summed E-state index contributed by atoms with van der Waals surface area (Å²) in [6.07, 6.45) is 0.968. The molecule has 0 unspecified atom stereocenters. The first-order valence-electron chi connectivity index (χ1n) is 8.73. The van der Waals surface area contributed by atoms with E-state index in [-0.39, 0.29) is 0 Å². The molecule has 0 aliphatic carbocycles. The Morgan fingerprint density at radius 2 is 2.17 bits per heavy atom. The molecule has 1 aromatic rings. The van der Waals surface area contributed by atoms with Crippen LogP contribution in [-0.2, 0) is 4.79 Å². The molecule has 5 heteroatoms. The number of carbonyl (C=O) groups is 1. The first-order chi connectivity index (χ1) is 11.4. The highest BCUT2D eigenvalue weighted by atomic mass is 16.5. The standard InChI is InChI=1S/C19H29NO4/c1-4-9-19(18(22)23)13-20(10-8-17(19)21)11-12-24-16-7-5-6-14(2)15(16)3/h5-7,17,21H,4,8-13H2,1-3H3,(H,22,23)/t17-,19-/m0/s1. The highest BCUT2D eigenvalue weighted by Gasteiger charge is 2.48. The fraction of sp³-hybridized carbons (Fsp3) is 0.632. The zero-order valence-corrected chi connectivity index (χ0v) is 14.9. The third kappa shape index (κ3) is 3.90. The summed E-state index contributed by atoms with van der Waals surface area (Å²) in [6.45, 7) is 8.32. The number of aliphatic hydroxyl groups excluding tert-OH is 1. The highest BCUT2D eigenvalue weighted by Crippen LogP contribution is 2.35. The molecular formula is C19H29NO4. The summed E-state index contributed by atoms with van der Waals surface area (Å²) in [6, 6.07) is 5.99. The number of piperidine rings is 1. The Kier molecular flexibility index (Phi) is 6.24. The second-order valence-corrected chi connectivity index (χ2v) is 6.84. The van der Waals surface area contributed by atoms with Crippen molar-refractivity contribution in [2.24, 2.45) is 5.41 Å². The average molecular weight is 335 g/mol. The molecule has 2 N–H and O–H groups in total. The van der Waals surface area contributed by atoms with Gasteiger partial charge >= 0.3 is 5.97 Å². The third-order valence-electron chi connectivity index (χ3n) is 5.20. The van der Waals surface area contributed by atoms with Crippen LogP contribution in [0.25, 0.3) is 0 Å². The molecule has 0 aromatic heterocycles. The lowest BCUT2D eigenvalue weighted by Gasteiger charge is -2.43. The van der Waals surface area contributed by atoms with Crippen molar-refractivity contribution in [3.8, 4) is 5.75 Å². The monoisotopic (exact) mass is 335 g/mol. The smallest absolute Gasteiger partial charge is 0.313 e. The van der Waals surface area contributed by atoms with Gasteiger partial charge < -0.3 is 14.9 Å². The van der Waals surface area contributed by atoms with E-state index in [1.807, 2.05) is 26.0 Å². The van der Waals surface area contributed by atoms with Gasteiger partial charge in [-0.25, -0.2) is 0 Å². The number of rotatable bonds is 7. The lowest BCUT2D eigenvalue weighted by atomic mass is 9.74. The number of aryl methyl sites for hydroxylation is 1. The number of hydrogen-bond donors (Lipinski definition) is 2. The second-order valence-electron chi connectivity index (χ2n) is 6.84. The molecule has 1 aliphatic rings. The summed E-state index contributed by atoms with van der Waals surface area (Å²) in [4.78, 5) is 13.9. The lowest BCUT2D eigenvalue weighted by molar-refractivity contribution is -0.164. The van der Waals surface area contributed by atoms with Gasteiger partial charge in [0.15, 0.2) is 0 Å². The van der Waals surface area contributed by atoms with Gasteiger partial charge in [0.2, 0.25) is 0 Å². The Morgan fingerprint density at radius 3 is 2.83 bits per heavy atom. The number of ether oxygens (including phenoxy) is 1. The number of carboxylic acid groups (broad SMARTS) is 1. The van der Waals surface area contributed by atoms with Gasteiger partial charge in [0.05, 0.1) is 6.10 Å². The number of benzene rings is 1. The molecule has 1 fully saturated rings. The third-order valence-corrected chi connectivity index (χ3v) is 5.20. The molecule has 2 rings (SSSR count). The molecule has 134 valence electrons. The largest absolute Gasteiger partial charge is 0.492 e. The quantitative estimate of drug-likeness (QED) is 0.801. The number of likely N-dealkylation sites (tertiary alicyclic amines) is 1. The van der Waals surface area contributed by atoms with Crippen LogP contribution in [-0.4, -0.2) is 53.4 Å². The number of aliphatic carboxylic acids is 1. The molecule has 1 aromatic carbocycles. The van der Waals surface area contributed by atoms with Crippen LogP contribution >= 0.6 is 0 Å². The normalized spacial score (nSPS) is 24.8. The number of hydrogen-bond acceptors (Lipinski definition) is 4. The van der Waals surface area contributed by atoms with Crippen LogP contribution in [0.3, 0.4) is 0 Å². The maximum absolute atomic E-state index is 11.8. The predicted molar refractivity (Wildman–Crippen MR) is 93.5 cm³/mol. The first-order valence-corrected chi connectivity index (χ1v) is 8.73. The van der Waals surface area contributed by atoms with E-state index in [0.29, 0.717) is 39.1 Å². The Balaban J connectivity index is 1.95.